The Kier molecular flexibility index (Phi) is 5.02. The van der Waals surface area contributed by atoms with Crippen molar-refractivity contribution in [3.05, 3.63) is 99.7 Å². The van der Waals surface area contributed by atoms with Crippen molar-refractivity contribution in [2.75, 3.05) is 0 Å². The molecular formula is C21H20N2O. The van der Waals surface area contributed by atoms with Gasteiger partial charge >= 0.3 is 0 Å². The van der Waals surface area contributed by atoms with Crippen molar-refractivity contribution < 1.29 is 0 Å². The largest absolute Gasteiger partial charge is 0.307 e. The zero-order valence-corrected chi connectivity index (χ0v) is 13.7. The first-order valence-electron chi connectivity index (χ1n) is 8.14. The lowest BCUT2D eigenvalue weighted by Gasteiger charge is -2.08. The Labute approximate surface area is 141 Å². The van der Waals surface area contributed by atoms with Gasteiger partial charge in [0, 0.05) is 18.7 Å². The van der Waals surface area contributed by atoms with Crippen LogP contribution in [0.2, 0.25) is 0 Å². The molecule has 0 radical (unpaired) electrons. The number of rotatable bonds is 5. The molecule has 0 fully saturated rings. The molecule has 0 aliphatic heterocycles. The van der Waals surface area contributed by atoms with Gasteiger partial charge in [0.1, 0.15) is 5.82 Å². The molecule has 2 aromatic carbocycles. The summed E-state index contributed by atoms with van der Waals surface area (Å²) in [6.07, 6.45) is 5.37. The number of aromatic nitrogens is 2. The van der Waals surface area contributed by atoms with Gasteiger partial charge < -0.3 is 4.98 Å². The lowest BCUT2D eigenvalue weighted by molar-refractivity contribution is 1.05. The van der Waals surface area contributed by atoms with Gasteiger partial charge in [-0.25, -0.2) is 4.98 Å². The molecule has 3 aromatic rings. The van der Waals surface area contributed by atoms with Crippen LogP contribution in [0.3, 0.4) is 0 Å². The van der Waals surface area contributed by atoms with E-state index in [1.54, 1.807) is 6.20 Å². The summed E-state index contributed by atoms with van der Waals surface area (Å²) in [5.74, 6) is 0.617. The molecule has 0 bridgehead atoms. The summed E-state index contributed by atoms with van der Waals surface area (Å²) in [4.78, 5) is 18.8. The molecule has 1 heterocycles. The molecular weight excluding hydrogens is 296 g/mol. The van der Waals surface area contributed by atoms with E-state index < -0.39 is 0 Å². The highest BCUT2D eigenvalue weighted by molar-refractivity contribution is 5.79. The first-order chi connectivity index (χ1) is 11.7. The fourth-order valence-corrected chi connectivity index (χ4v) is 2.60. The maximum atomic E-state index is 11.7. The minimum Gasteiger partial charge on any atom is -0.307 e. The second-order valence-corrected chi connectivity index (χ2v) is 5.71. The summed E-state index contributed by atoms with van der Waals surface area (Å²) in [6, 6.07) is 20.1. The van der Waals surface area contributed by atoms with E-state index in [1.165, 1.54) is 17.2 Å². The lowest BCUT2D eigenvalue weighted by Crippen LogP contribution is -2.09. The van der Waals surface area contributed by atoms with Crippen molar-refractivity contribution >= 4 is 11.6 Å². The number of aryl methyl sites for hydroxylation is 1. The third-order valence-corrected chi connectivity index (χ3v) is 3.94. The van der Waals surface area contributed by atoms with Gasteiger partial charge in [-0.2, -0.15) is 0 Å². The summed E-state index contributed by atoms with van der Waals surface area (Å²) in [5, 5.41) is 0. The lowest BCUT2D eigenvalue weighted by atomic mass is 10.0. The Morgan fingerprint density at radius 1 is 1.00 bits per heavy atom. The van der Waals surface area contributed by atoms with Crippen LogP contribution >= 0.6 is 0 Å². The van der Waals surface area contributed by atoms with Crippen LogP contribution in [0, 0.1) is 0 Å². The van der Waals surface area contributed by atoms with E-state index in [9.17, 15) is 4.79 Å². The molecule has 0 amide bonds. The molecule has 120 valence electrons. The smallest absolute Gasteiger partial charge is 0.251 e. The number of allylic oxidation sites excluding steroid dienone is 1. The molecule has 3 nitrogen and oxygen atoms in total. The molecule has 0 unspecified atom stereocenters. The summed E-state index contributed by atoms with van der Waals surface area (Å²) in [5.41, 5.74) is 4.44. The van der Waals surface area contributed by atoms with Gasteiger partial charge in [0.05, 0.1) is 0 Å². The average Bonchev–Trinajstić information content (AvgIpc) is 2.63. The van der Waals surface area contributed by atoms with Crippen molar-refractivity contribution in [1.29, 1.82) is 0 Å². The van der Waals surface area contributed by atoms with Crippen molar-refractivity contribution in [2.45, 2.75) is 19.8 Å². The van der Waals surface area contributed by atoms with Crippen molar-refractivity contribution in [1.82, 2.24) is 9.97 Å². The van der Waals surface area contributed by atoms with Crippen LogP contribution in [-0.4, -0.2) is 9.97 Å². The quantitative estimate of drug-likeness (QED) is 0.770. The normalized spacial score (nSPS) is 11.5. The second-order valence-electron chi connectivity index (χ2n) is 5.71. The molecule has 3 rings (SSSR count). The highest BCUT2D eigenvalue weighted by Gasteiger charge is 2.06. The van der Waals surface area contributed by atoms with Crippen molar-refractivity contribution in [3.8, 4) is 0 Å². The fraction of sp³-hybridized carbons (Fsp3) is 0.143. The van der Waals surface area contributed by atoms with Gasteiger partial charge in [-0.1, -0.05) is 61.5 Å². The summed E-state index contributed by atoms with van der Waals surface area (Å²) >= 11 is 0. The summed E-state index contributed by atoms with van der Waals surface area (Å²) in [6.45, 7) is 2.14. The fourth-order valence-electron chi connectivity index (χ4n) is 2.60. The second kappa shape index (κ2) is 7.55. The molecule has 1 aromatic heterocycles. The molecule has 1 N–H and O–H groups in total. The standard InChI is InChI=1S/C21H20N2O/c1-2-16-8-10-18(11-9-16)15-19(14-17-6-4-3-5-7-17)21-22-13-12-20(24)23-21/h3-13,15H,2,14H2,1H3,(H,22,23,24)/b19-15-. The average molecular weight is 316 g/mol. The first-order valence-corrected chi connectivity index (χ1v) is 8.14. The summed E-state index contributed by atoms with van der Waals surface area (Å²) < 4.78 is 0. The maximum absolute atomic E-state index is 11.7. The van der Waals surface area contributed by atoms with E-state index in [1.807, 2.05) is 18.2 Å². The number of hydrogen-bond acceptors (Lipinski definition) is 2. The highest BCUT2D eigenvalue weighted by Crippen LogP contribution is 2.20. The van der Waals surface area contributed by atoms with E-state index in [2.05, 4.69) is 59.4 Å². The summed E-state index contributed by atoms with van der Waals surface area (Å²) in [7, 11) is 0. The monoisotopic (exact) mass is 316 g/mol. The van der Waals surface area contributed by atoms with E-state index in [0.29, 0.717) is 12.2 Å². The predicted molar refractivity (Wildman–Crippen MR) is 98.7 cm³/mol. The zero-order valence-electron chi connectivity index (χ0n) is 13.7. The molecule has 0 aliphatic rings. The molecule has 0 atom stereocenters. The number of H-pyrrole nitrogens is 1. The third kappa shape index (κ3) is 4.07. The number of benzene rings is 2. The molecule has 24 heavy (non-hydrogen) atoms. The molecule has 0 aliphatic carbocycles. The van der Waals surface area contributed by atoms with Crippen LogP contribution in [0.25, 0.3) is 11.6 Å². The van der Waals surface area contributed by atoms with E-state index in [0.717, 1.165) is 17.6 Å². The van der Waals surface area contributed by atoms with Gasteiger partial charge in [-0.3, -0.25) is 4.79 Å². The van der Waals surface area contributed by atoms with Crippen LogP contribution in [0.1, 0.15) is 29.4 Å². The number of aromatic amines is 1. The molecule has 3 heteroatoms. The number of hydrogen-bond donors (Lipinski definition) is 1. The third-order valence-electron chi connectivity index (χ3n) is 3.94. The minimum atomic E-state index is -0.139. The van der Waals surface area contributed by atoms with Gasteiger partial charge in [-0.15, -0.1) is 0 Å². The first kappa shape index (κ1) is 15.9. The molecule has 0 saturated heterocycles. The van der Waals surface area contributed by atoms with Gasteiger partial charge in [-0.05, 0) is 34.8 Å². The predicted octanol–water partition coefficient (Wildman–Crippen LogP) is 4.12. The zero-order chi connectivity index (χ0) is 16.8. The van der Waals surface area contributed by atoms with E-state index >= 15 is 0 Å². The van der Waals surface area contributed by atoms with Crippen molar-refractivity contribution in [2.24, 2.45) is 0 Å². The van der Waals surface area contributed by atoms with Crippen molar-refractivity contribution in [3.63, 3.8) is 0 Å². The van der Waals surface area contributed by atoms with Gasteiger partial charge in [0.2, 0.25) is 0 Å². The highest BCUT2D eigenvalue weighted by atomic mass is 16.1. The topological polar surface area (TPSA) is 45.8 Å². The Hall–Kier alpha value is -2.94. The minimum absolute atomic E-state index is 0.139. The van der Waals surface area contributed by atoms with Crippen LogP contribution in [-0.2, 0) is 12.8 Å². The number of nitrogens with one attached hydrogen (secondary N) is 1. The van der Waals surface area contributed by atoms with Crippen LogP contribution in [0.5, 0.6) is 0 Å². The Morgan fingerprint density at radius 3 is 2.42 bits per heavy atom. The van der Waals surface area contributed by atoms with Crippen LogP contribution in [0.4, 0.5) is 0 Å². The molecule has 0 saturated carbocycles. The maximum Gasteiger partial charge on any atom is 0.251 e. The number of nitrogens with zero attached hydrogens (tertiary/aromatic N) is 1. The Morgan fingerprint density at radius 2 is 1.75 bits per heavy atom. The van der Waals surface area contributed by atoms with E-state index in [4.69, 9.17) is 0 Å². The Bertz CT molecular complexity index is 877. The van der Waals surface area contributed by atoms with E-state index in [-0.39, 0.29) is 5.56 Å². The Balaban J connectivity index is 2.00. The SMILES string of the molecule is CCc1ccc(/C=C(/Cc2ccccc2)c2nccc(=O)[nH]2)cc1. The molecule has 0 spiro atoms. The van der Waals surface area contributed by atoms with Crippen LogP contribution < -0.4 is 5.56 Å². The van der Waals surface area contributed by atoms with Gasteiger partial charge in [0.25, 0.3) is 5.56 Å². The van der Waals surface area contributed by atoms with Gasteiger partial charge in [0.15, 0.2) is 0 Å². The van der Waals surface area contributed by atoms with Crippen LogP contribution in [0.15, 0.2) is 71.7 Å².